The van der Waals surface area contributed by atoms with E-state index in [1.165, 1.54) is 25.7 Å². The number of aliphatic hydroxyl groups excluding tert-OH is 1. The van der Waals surface area contributed by atoms with E-state index in [2.05, 4.69) is 27.7 Å². The average molecular weight is 349 g/mol. The van der Waals surface area contributed by atoms with Gasteiger partial charge in [-0.15, -0.1) is 0 Å². The maximum atomic E-state index is 12.7. The Balaban J connectivity index is 1.38. The van der Waals surface area contributed by atoms with Crippen molar-refractivity contribution in [3.8, 4) is 0 Å². The molecule has 0 aliphatic heterocycles. The molecular formula is C22H36O3. The highest BCUT2D eigenvalue weighted by Crippen LogP contribution is 2.59. The van der Waals surface area contributed by atoms with Crippen LogP contribution >= 0.6 is 0 Å². The number of carbonyl (C=O) groups is 1. The number of carbonyl (C=O) groups excluding carboxylic acids is 1. The third kappa shape index (κ3) is 2.67. The molecule has 10 unspecified atom stereocenters. The van der Waals surface area contributed by atoms with Crippen LogP contribution in [0.1, 0.15) is 72.6 Å². The summed E-state index contributed by atoms with van der Waals surface area (Å²) in [5, 5.41) is 10.9. The van der Waals surface area contributed by atoms with Crippen LogP contribution < -0.4 is 0 Å². The Bertz CT molecular complexity index is 531. The van der Waals surface area contributed by atoms with E-state index in [0.29, 0.717) is 23.7 Å². The van der Waals surface area contributed by atoms with Crippen molar-refractivity contribution in [1.29, 1.82) is 0 Å². The van der Waals surface area contributed by atoms with E-state index in [-0.39, 0.29) is 23.9 Å². The van der Waals surface area contributed by atoms with Crippen LogP contribution in [0.2, 0.25) is 0 Å². The molecule has 1 N–H and O–H groups in total. The lowest BCUT2D eigenvalue weighted by Crippen LogP contribution is -2.42. The zero-order chi connectivity index (χ0) is 17.9. The van der Waals surface area contributed by atoms with Crippen molar-refractivity contribution in [1.82, 2.24) is 0 Å². The molecule has 4 bridgehead atoms. The van der Waals surface area contributed by atoms with Gasteiger partial charge in [0.05, 0.1) is 12.5 Å². The number of fused-ring (bicyclic) bond motifs is 4. The third-order valence-corrected chi connectivity index (χ3v) is 9.16. The molecule has 142 valence electrons. The fraction of sp³-hybridized carbons (Fsp3) is 0.955. The van der Waals surface area contributed by atoms with E-state index in [1.807, 2.05) is 0 Å². The molecule has 0 aromatic rings. The molecule has 4 aliphatic carbocycles. The molecule has 4 rings (SSSR count). The molecule has 10 atom stereocenters. The second-order valence-electron chi connectivity index (χ2n) is 9.96. The van der Waals surface area contributed by atoms with Crippen molar-refractivity contribution >= 4 is 5.97 Å². The molecule has 0 amide bonds. The fourth-order valence-corrected chi connectivity index (χ4v) is 7.63. The van der Waals surface area contributed by atoms with Crippen LogP contribution in [0.25, 0.3) is 0 Å². The topological polar surface area (TPSA) is 46.5 Å². The van der Waals surface area contributed by atoms with Gasteiger partial charge in [-0.25, -0.2) is 0 Å². The minimum absolute atomic E-state index is 0.155. The molecule has 0 aromatic carbocycles. The predicted octanol–water partition coefficient (Wildman–Crippen LogP) is 4.42. The van der Waals surface area contributed by atoms with Crippen molar-refractivity contribution < 1.29 is 14.6 Å². The van der Waals surface area contributed by atoms with Crippen molar-refractivity contribution in [3.63, 3.8) is 0 Å². The number of ether oxygens (including phenoxy) is 1. The Morgan fingerprint density at radius 2 is 1.84 bits per heavy atom. The number of aliphatic hydroxyl groups is 1. The van der Waals surface area contributed by atoms with Crippen molar-refractivity contribution in [2.24, 2.45) is 47.3 Å². The van der Waals surface area contributed by atoms with Crippen LogP contribution in [-0.4, -0.2) is 22.8 Å². The molecule has 0 heterocycles. The Hall–Kier alpha value is -0.570. The summed E-state index contributed by atoms with van der Waals surface area (Å²) in [5.41, 5.74) is -0.220. The monoisotopic (exact) mass is 348 g/mol. The van der Waals surface area contributed by atoms with Crippen molar-refractivity contribution in [2.75, 3.05) is 0 Å². The summed E-state index contributed by atoms with van der Waals surface area (Å²) >= 11 is 0. The van der Waals surface area contributed by atoms with Crippen molar-refractivity contribution in [2.45, 2.75) is 84.3 Å². The number of hydrogen-bond acceptors (Lipinski definition) is 3. The normalized spacial score (nSPS) is 51.9. The van der Waals surface area contributed by atoms with E-state index in [1.54, 1.807) is 0 Å². The lowest BCUT2D eigenvalue weighted by atomic mass is 9.68. The summed E-state index contributed by atoms with van der Waals surface area (Å²) in [6, 6.07) is 0. The smallest absolute Gasteiger partial charge is 0.308 e. The number of esters is 1. The van der Waals surface area contributed by atoms with Crippen molar-refractivity contribution in [3.05, 3.63) is 0 Å². The van der Waals surface area contributed by atoms with Gasteiger partial charge in [-0.05, 0) is 85.9 Å². The summed E-state index contributed by atoms with van der Waals surface area (Å²) in [4.78, 5) is 12.7. The summed E-state index contributed by atoms with van der Waals surface area (Å²) in [6.07, 6.45) is 6.65. The molecule has 3 heteroatoms. The average Bonchev–Trinajstić information content (AvgIpc) is 3.30. The fourth-order valence-electron chi connectivity index (χ4n) is 7.63. The largest absolute Gasteiger partial charge is 0.459 e. The van der Waals surface area contributed by atoms with Crippen LogP contribution in [0.3, 0.4) is 0 Å². The molecule has 25 heavy (non-hydrogen) atoms. The van der Waals surface area contributed by atoms with Crippen LogP contribution in [0.4, 0.5) is 0 Å². The molecule has 3 nitrogen and oxygen atoms in total. The lowest BCUT2D eigenvalue weighted by Gasteiger charge is -2.40. The Morgan fingerprint density at radius 3 is 2.40 bits per heavy atom. The molecule has 4 saturated carbocycles. The SMILES string of the molecule is CCC1(OC(=O)CC(O)C2C(C)C3CC2C(C)C3C)CC2CCC1C2. The third-order valence-electron chi connectivity index (χ3n) is 9.16. The van der Waals surface area contributed by atoms with Crippen LogP contribution in [-0.2, 0) is 9.53 Å². The van der Waals surface area contributed by atoms with Gasteiger partial charge >= 0.3 is 5.97 Å². The first kappa shape index (κ1) is 17.8. The summed E-state index contributed by atoms with van der Waals surface area (Å²) in [7, 11) is 0. The van der Waals surface area contributed by atoms with Gasteiger partial charge in [0.15, 0.2) is 0 Å². The summed E-state index contributed by atoms with van der Waals surface area (Å²) in [6.45, 7) is 9.14. The van der Waals surface area contributed by atoms with Gasteiger partial charge in [0, 0.05) is 0 Å². The second kappa shape index (κ2) is 6.25. The minimum atomic E-state index is -0.528. The van der Waals surface area contributed by atoms with Crippen LogP contribution in [0.5, 0.6) is 0 Å². The quantitative estimate of drug-likeness (QED) is 0.748. The highest BCUT2D eigenvalue weighted by Gasteiger charge is 2.56. The van der Waals surface area contributed by atoms with E-state index < -0.39 is 6.10 Å². The molecule has 4 fully saturated rings. The van der Waals surface area contributed by atoms with Gasteiger partial charge < -0.3 is 9.84 Å². The first-order valence-electron chi connectivity index (χ1n) is 10.8. The highest BCUT2D eigenvalue weighted by atomic mass is 16.6. The lowest BCUT2D eigenvalue weighted by molar-refractivity contribution is -0.170. The molecule has 4 aliphatic rings. The van der Waals surface area contributed by atoms with Gasteiger partial charge in [0.2, 0.25) is 0 Å². The Morgan fingerprint density at radius 1 is 1.12 bits per heavy atom. The zero-order valence-electron chi connectivity index (χ0n) is 16.4. The van der Waals surface area contributed by atoms with Gasteiger partial charge in [0.1, 0.15) is 5.60 Å². The van der Waals surface area contributed by atoms with Gasteiger partial charge in [-0.3, -0.25) is 4.79 Å². The minimum Gasteiger partial charge on any atom is -0.459 e. The summed E-state index contributed by atoms with van der Waals surface area (Å²) in [5.74, 6) is 4.71. The van der Waals surface area contributed by atoms with E-state index in [9.17, 15) is 9.90 Å². The molecule has 0 saturated heterocycles. The highest BCUT2D eigenvalue weighted by molar-refractivity contribution is 5.70. The molecule has 0 radical (unpaired) electrons. The number of rotatable bonds is 5. The standard InChI is InChI=1S/C22H36O3/c1-5-22(11-15-6-7-16(22)8-15)25-20(24)10-19(23)21-14(4)17-9-18(21)13(3)12(17)2/h12-19,21,23H,5-11H2,1-4H3. The van der Waals surface area contributed by atoms with Gasteiger partial charge in [-0.1, -0.05) is 27.7 Å². The Labute approximate surface area is 152 Å². The van der Waals surface area contributed by atoms with E-state index in [0.717, 1.165) is 30.6 Å². The Kier molecular flexibility index (Phi) is 4.46. The van der Waals surface area contributed by atoms with E-state index in [4.69, 9.17) is 4.74 Å². The maximum absolute atomic E-state index is 12.7. The van der Waals surface area contributed by atoms with E-state index >= 15 is 0 Å². The van der Waals surface area contributed by atoms with Gasteiger partial charge in [0.25, 0.3) is 0 Å². The summed E-state index contributed by atoms with van der Waals surface area (Å²) < 4.78 is 6.08. The zero-order valence-corrected chi connectivity index (χ0v) is 16.4. The predicted molar refractivity (Wildman–Crippen MR) is 97.8 cm³/mol. The second-order valence-corrected chi connectivity index (χ2v) is 9.96. The molecule has 0 spiro atoms. The maximum Gasteiger partial charge on any atom is 0.308 e. The first-order chi connectivity index (χ1) is 11.9. The first-order valence-corrected chi connectivity index (χ1v) is 10.8. The van der Waals surface area contributed by atoms with Crippen LogP contribution in [0.15, 0.2) is 0 Å². The van der Waals surface area contributed by atoms with Gasteiger partial charge in [-0.2, -0.15) is 0 Å². The molecule has 0 aromatic heterocycles. The number of hydrogen-bond donors (Lipinski definition) is 1. The van der Waals surface area contributed by atoms with Crippen LogP contribution in [0, 0.1) is 47.3 Å². The molecular weight excluding hydrogens is 312 g/mol.